The van der Waals surface area contributed by atoms with Gasteiger partial charge in [-0.25, -0.2) is 60.7 Å². The molecule has 22 heteroatoms. The van der Waals surface area contributed by atoms with E-state index in [-0.39, 0.29) is 46.5 Å². The van der Waals surface area contributed by atoms with Gasteiger partial charge in [0, 0.05) is 0 Å². The van der Waals surface area contributed by atoms with E-state index < -0.39 is 88.2 Å². The van der Waals surface area contributed by atoms with E-state index in [1.165, 1.54) is 128 Å². The first kappa shape index (κ1) is 57.0. The van der Waals surface area contributed by atoms with E-state index in [1.54, 1.807) is 0 Å². The van der Waals surface area contributed by atoms with Crippen molar-refractivity contribution in [1.82, 2.24) is 0 Å². The average molecular weight is 990 g/mol. The van der Waals surface area contributed by atoms with Crippen molar-refractivity contribution in [2.75, 3.05) is 14.1 Å². The van der Waals surface area contributed by atoms with Crippen LogP contribution in [-0.2, 0) is 20.2 Å². The second kappa shape index (κ2) is 26.1. The van der Waals surface area contributed by atoms with Crippen molar-refractivity contribution in [3.8, 4) is 0 Å². The third-order valence-corrected chi connectivity index (χ3v) is 13.6. The van der Waals surface area contributed by atoms with Crippen LogP contribution in [0.3, 0.4) is 0 Å². The first-order valence-corrected chi connectivity index (χ1v) is 22.5. The van der Waals surface area contributed by atoms with Gasteiger partial charge in [0.05, 0.1) is 38.3 Å². The van der Waals surface area contributed by atoms with Crippen LogP contribution in [0.5, 0.6) is 0 Å². The number of rotatable bonds is 6. The number of quaternary nitrogens is 2. The molecule has 2 aromatic rings. The Morgan fingerprint density at radius 2 is 0.517 bits per heavy atom. The quantitative estimate of drug-likeness (QED) is 0.146. The topological polar surface area (TPSA) is 123 Å². The first-order chi connectivity index (χ1) is 27.1. The number of nitrogens with one attached hydrogen (secondary N) is 2. The zero-order valence-corrected chi connectivity index (χ0v) is 39.1. The number of hydrogen-bond donors (Lipinski definition) is 2. The third kappa shape index (κ3) is 15.6. The number of halogens is 11. The molecular weight excluding hydrogens is 937 g/mol. The predicted octanol–water partition coefficient (Wildman–Crippen LogP) is 0.913. The minimum Gasteiger partial charge on any atom is -1.00 e. The summed E-state index contributed by atoms with van der Waals surface area (Å²) in [6, 6.07) is 4.03. The molecule has 0 atom stereocenters. The van der Waals surface area contributed by atoms with Crippen LogP contribution in [0.2, 0.25) is 0 Å². The number of hydrogen-bond acceptors (Lipinski definition) is 6. The molecule has 0 radical (unpaired) electrons. The Labute approximate surface area is 378 Å². The summed E-state index contributed by atoms with van der Waals surface area (Å²) in [7, 11) is -6.62. The molecule has 4 fully saturated rings. The third-order valence-electron chi connectivity index (χ3n) is 11.8. The van der Waals surface area contributed by atoms with Gasteiger partial charge in [-0.2, -0.15) is 0 Å². The van der Waals surface area contributed by atoms with Crippen molar-refractivity contribution in [2.45, 2.75) is 162 Å². The van der Waals surface area contributed by atoms with E-state index in [2.05, 4.69) is 14.1 Å². The Morgan fingerprint density at radius 3 is 0.667 bits per heavy atom. The summed E-state index contributed by atoms with van der Waals surface area (Å²) >= 11 is 0. The number of benzene rings is 2. The minimum absolute atomic E-state index is 0. The molecule has 6 rings (SSSR count). The summed E-state index contributed by atoms with van der Waals surface area (Å²) < 4.78 is 186. The van der Waals surface area contributed by atoms with Crippen molar-refractivity contribution in [2.24, 2.45) is 0 Å². The van der Waals surface area contributed by atoms with Gasteiger partial charge in [-0.1, -0.05) is 25.7 Å². The first-order valence-electron chi connectivity index (χ1n) is 19.7. The molecule has 4 saturated carbocycles. The Kier molecular flexibility index (Phi) is 24.7. The Hall–Kier alpha value is -1.04. The Balaban J connectivity index is 0.000000396. The van der Waals surface area contributed by atoms with Crippen molar-refractivity contribution in [1.29, 1.82) is 0 Å². The van der Waals surface area contributed by atoms with E-state index >= 15 is 0 Å². The van der Waals surface area contributed by atoms with Gasteiger partial charge in [0.2, 0.25) is 11.6 Å². The minimum atomic E-state index is -5.77. The molecule has 8 nitrogen and oxygen atoms in total. The normalized spacial score (nSPS) is 18.5. The molecule has 0 unspecified atom stereocenters. The molecule has 60 heavy (non-hydrogen) atoms. The molecule has 2 N–H and O–H groups in total. The molecular formula is C38H52BrF10N2NaO6S2. The van der Waals surface area contributed by atoms with Crippen LogP contribution in [0.4, 0.5) is 43.9 Å². The SMILES string of the molecule is C[NH+](C1CCCCC1)C1CCCCC1.C[NH+](C1CCCCC1)C1CCCCC1.O=S(=O)([O-])c1c(F)c(F)c(F)c(F)c1F.O=S(=O)([O-])c1c(F)c(F)c(F)c(F)c1F.[Br-].[Na+]. The maximum absolute atomic E-state index is 12.6. The molecule has 0 aliphatic heterocycles. The average Bonchev–Trinajstić information content (AvgIpc) is 3.21. The smallest absolute Gasteiger partial charge is 1.00 e. The second-order valence-corrected chi connectivity index (χ2v) is 18.2. The van der Waals surface area contributed by atoms with Crippen molar-refractivity contribution < 1.29 is 126 Å². The fraction of sp³-hybridized carbons (Fsp3) is 0.684. The fourth-order valence-corrected chi connectivity index (χ4v) is 9.74. The van der Waals surface area contributed by atoms with Crippen molar-refractivity contribution >= 4 is 20.2 Å². The second-order valence-electron chi connectivity index (χ2n) is 15.5. The fourth-order valence-electron chi connectivity index (χ4n) is 8.51. The molecule has 2 aromatic carbocycles. The molecule has 4 aliphatic rings. The molecule has 4 aliphatic carbocycles. The van der Waals surface area contributed by atoms with Gasteiger partial charge in [-0.05, 0) is 103 Å². The molecule has 0 bridgehead atoms. The molecule has 340 valence electrons. The predicted molar refractivity (Wildman–Crippen MR) is 190 cm³/mol. The monoisotopic (exact) mass is 988 g/mol. The summed E-state index contributed by atoms with van der Waals surface area (Å²) in [5, 5.41) is 0. The van der Waals surface area contributed by atoms with E-state index in [9.17, 15) is 69.8 Å². The van der Waals surface area contributed by atoms with Crippen molar-refractivity contribution in [3.63, 3.8) is 0 Å². The van der Waals surface area contributed by atoms with E-state index in [0.29, 0.717) is 0 Å². The van der Waals surface area contributed by atoms with Crippen LogP contribution in [0.15, 0.2) is 9.79 Å². The summed E-state index contributed by atoms with van der Waals surface area (Å²) in [4.78, 5) is -0.994. The van der Waals surface area contributed by atoms with Gasteiger partial charge in [-0.3, -0.25) is 0 Å². The van der Waals surface area contributed by atoms with Crippen LogP contribution in [0.25, 0.3) is 0 Å². The van der Waals surface area contributed by atoms with Gasteiger partial charge in [0.15, 0.2) is 46.5 Å². The van der Waals surface area contributed by atoms with Gasteiger partial charge < -0.3 is 35.9 Å². The molecule has 0 saturated heterocycles. The van der Waals surface area contributed by atoms with E-state index in [0.717, 1.165) is 24.2 Å². The van der Waals surface area contributed by atoms with Gasteiger partial charge in [-0.15, -0.1) is 0 Å². The van der Waals surface area contributed by atoms with Gasteiger partial charge >= 0.3 is 29.6 Å². The van der Waals surface area contributed by atoms with Gasteiger partial charge in [0.1, 0.15) is 30.0 Å². The van der Waals surface area contributed by atoms with Crippen LogP contribution >= 0.6 is 0 Å². The molecule has 0 amide bonds. The Morgan fingerprint density at radius 1 is 0.367 bits per heavy atom. The largest absolute Gasteiger partial charge is 1.00 e. The zero-order chi connectivity index (χ0) is 43.5. The summed E-state index contributed by atoms with van der Waals surface area (Å²) in [6.45, 7) is 0. The standard InChI is InChI=1S/2C13H25N.2C6HF5O3S.BrH.Na/c2*1-14(12-8-4-2-5-9-12)13-10-6-3-7-11-13;2*7-1-2(8)4(10)6(15(12,13)14)5(11)3(1)9;;/h2*12-13H,2-11H2,1H3;2*(H,12,13,14);1H;/q;;;;;+1/p-1. The van der Waals surface area contributed by atoms with Crippen LogP contribution in [-0.4, -0.2) is 64.2 Å². The maximum atomic E-state index is 12.6. The summed E-state index contributed by atoms with van der Waals surface area (Å²) in [5.74, 6) is -25.7. The zero-order valence-electron chi connectivity index (χ0n) is 33.9. The molecule has 0 spiro atoms. The van der Waals surface area contributed by atoms with E-state index in [1.807, 2.05) is 9.80 Å². The Bertz CT molecular complexity index is 1670. The summed E-state index contributed by atoms with van der Waals surface area (Å²) in [5.41, 5.74) is 0. The van der Waals surface area contributed by atoms with Crippen LogP contribution < -0.4 is 56.3 Å². The van der Waals surface area contributed by atoms with Gasteiger partial charge in [0.25, 0.3) is 0 Å². The van der Waals surface area contributed by atoms with Crippen LogP contribution in [0, 0.1) is 58.2 Å². The maximum Gasteiger partial charge on any atom is 1.00 e. The van der Waals surface area contributed by atoms with E-state index in [4.69, 9.17) is 0 Å². The summed E-state index contributed by atoms with van der Waals surface area (Å²) in [6.07, 6.45) is 30.0. The van der Waals surface area contributed by atoms with Crippen LogP contribution in [0.1, 0.15) is 128 Å². The molecule has 0 aromatic heterocycles. The van der Waals surface area contributed by atoms with Crippen molar-refractivity contribution in [3.05, 3.63) is 58.2 Å². The molecule has 0 heterocycles.